The first-order chi connectivity index (χ1) is 11.2. The highest BCUT2D eigenvalue weighted by atomic mass is 79.9. The highest BCUT2D eigenvalue weighted by Crippen LogP contribution is 2.32. The molecule has 0 bridgehead atoms. The van der Waals surface area contributed by atoms with Gasteiger partial charge in [0, 0.05) is 6.54 Å². The third kappa shape index (κ3) is 5.54. The summed E-state index contributed by atoms with van der Waals surface area (Å²) in [5.74, 6) is 0.627. The number of amides is 1. The van der Waals surface area contributed by atoms with Gasteiger partial charge in [-0.1, -0.05) is 62.9 Å². The van der Waals surface area contributed by atoms with E-state index in [4.69, 9.17) is 4.74 Å². The van der Waals surface area contributed by atoms with Crippen LogP contribution in [0.1, 0.15) is 39.0 Å². The molecule has 0 radical (unpaired) electrons. The molecule has 0 saturated carbocycles. The maximum atomic E-state index is 11.8. The Morgan fingerprint density at radius 1 is 1.09 bits per heavy atom. The van der Waals surface area contributed by atoms with Gasteiger partial charge in [-0.3, -0.25) is 4.79 Å². The van der Waals surface area contributed by atoms with Crippen molar-refractivity contribution in [2.75, 3.05) is 13.2 Å². The molecule has 23 heavy (non-hydrogen) atoms. The molecule has 2 aromatic rings. The van der Waals surface area contributed by atoms with Crippen LogP contribution in [0.3, 0.4) is 0 Å². The molecule has 124 valence electrons. The highest BCUT2D eigenvalue weighted by molar-refractivity contribution is 9.10. The molecular formula is C19H24BrNO2. The molecular weight excluding hydrogens is 354 g/mol. The van der Waals surface area contributed by atoms with Crippen molar-refractivity contribution in [3.63, 3.8) is 0 Å². The largest absolute Gasteiger partial charge is 0.483 e. The number of halogens is 1. The highest BCUT2D eigenvalue weighted by Gasteiger charge is 2.08. The predicted molar refractivity (Wildman–Crippen MR) is 98.9 cm³/mol. The van der Waals surface area contributed by atoms with Gasteiger partial charge in [-0.25, -0.2) is 0 Å². The van der Waals surface area contributed by atoms with Crippen molar-refractivity contribution in [3.05, 3.63) is 40.9 Å². The number of ether oxygens (including phenoxy) is 1. The number of rotatable bonds is 9. The fourth-order valence-electron chi connectivity index (χ4n) is 2.48. The Balaban J connectivity index is 1.77. The lowest BCUT2D eigenvalue weighted by Crippen LogP contribution is -2.29. The average molecular weight is 378 g/mol. The number of fused-ring (bicyclic) bond motifs is 1. The normalized spacial score (nSPS) is 10.7. The summed E-state index contributed by atoms with van der Waals surface area (Å²) in [7, 11) is 0. The van der Waals surface area contributed by atoms with Crippen LogP contribution in [0, 0.1) is 0 Å². The zero-order valence-electron chi connectivity index (χ0n) is 13.6. The molecule has 0 heterocycles. The maximum absolute atomic E-state index is 11.8. The van der Waals surface area contributed by atoms with Crippen LogP contribution in [0.15, 0.2) is 40.9 Å². The second-order valence-electron chi connectivity index (χ2n) is 5.65. The van der Waals surface area contributed by atoms with Crippen LogP contribution < -0.4 is 10.1 Å². The summed E-state index contributed by atoms with van der Waals surface area (Å²) >= 11 is 3.56. The van der Waals surface area contributed by atoms with Gasteiger partial charge in [0.25, 0.3) is 5.91 Å². The van der Waals surface area contributed by atoms with Gasteiger partial charge in [0.1, 0.15) is 5.75 Å². The van der Waals surface area contributed by atoms with E-state index in [0.717, 1.165) is 28.2 Å². The van der Waals surface area contributed by atoms with Crippen molar-refractivity contribution in [1.82, 2.24) is 5.32 Å². The number of hydrogen-bond donors (Lipinski definition) is 1. The summed E-state index contributed by atoms with van der Waals surface area (Å²) < 4.78 is 6.53. The fraction of sp³-hybridized carbons (Fsp3) is 0.421. The van der Waals surface area contributed by atoms with Gasteiger partial charge in [-0.15, -0.1) is 0 Å². The smallest absolute Gasteiger partial charge is 0.257 e. The molecule has 0 atom stereocenters. The molecule has 3 nitrogen and oxygen atoms in total. The summed E-state index contributed by atoms with van der Waals surface area (Å²) in [6.07, 6.45) is 5.96. The predicted octanol–water partition coefficient (Wildman–Crippen LogP) is 5.07. The molecule has 0 unspecified atom stereocenters. The first-order valence-corrected chi connectivity index (χ1v) is 9.08. The lowest BCUT2D eigenvalue weighted by Gasteiger charge is -2.10. The molecule has 0 fully saturated rings. The number of carbonyl (C=O) groups is 1. The molecule has 1 amide bonds. The average Bonchev–Trinajstić information content (AvgIpc) is 2.57. The van der Waals surface area contributed by atoms with E-state index >= 15 is 0 Å². The topological polar surface area (TPSA) is 38.3 Å². The number of hydrogen-bond acceptors (Lipinski definition) is 2. The molecule has 2 aromatic carbocycles. The minimum atomic E-state index is -0.0689. The lowest BCUT2D eigenvalue weighted by atomic mass is 10.1. The number of benzene rings is 2. The Hall–Kier alpha value is -1.55. The summed E-state index contributed by atoms with van der Waals surface area (Å²) in [6.45, 7) is 2.97. The van der Waals surface area contributed by atoms with E-state index in [1.165, 1.54) is 25.7 Å². The third-order valence-corrected chi connectivity index (χ3v) is 4.61. The van der Waals surface area contributed by atoms with Gasteiger partial charge in [-0.05, 0) is 39.2 Å². The maximum Gasteiger partial charge on any atom is 0.257 e. The van der Waals surface area contributed by atoms with E-state index in [1.807, 2.05) is 30.3 Å². The molecule has 0 saturated heterocycles. The van der Waals surface area contributed by atoms with E-state index in [9.17, 15) is 4.79 Å². The lowest BCUT2D eigenvalue weighted by molar-refractivity contribution is -0.123. The Kier molecular flexibility index (Phi) is 7.40. The van der Waals surface area contributed by atoms with Crippen LogP contribution in [0.5, 0.6) is 5.75 Å². The third-order valence-electron chi connectivity index (χ3n) is 3.79. The van der Waals surface area contributed by atoms with Gasteiger partial charge in [-0.2, -0.15) is 0 Å². The second-order valence-corrected chi connectivity index (χ2v) is 6.44. The number of carbonyl (C=O) groups excluding carboxylic acids is 1. The van der Waals surface area contributed by atoms with Gasteiger partial charge in [0.2, 0.25) is 0 Å². The van der Waals surface area contributed by atoms with Crippen molar-refractivity contribution in [1.29, 1.82) is 0 Å². The van der Waals surface area contributed by atoms with Crippen molar-refractivity contribution < 1.29 is 9.53 Å². The van der Waals surface area contributed by atoms with E-state index in [0.29, 0.717) is 5.75 Å². The van der Waals surface area contributed by atoms with Crippen LogP contribution >= 0.6 is 15.9 Å². The van der Waals surface area contributed by atoms with E-state index in [-0.39, 0.29) is 12.5 Å². The molecule has 0 aliphatic rings. The SMILES string of the molecule is CCCCCCCNC(=O)COc1ccc2ccccc2c1Br. The monoisotopic (exact) mass is 377 g/mol. The molecule has 0 aliphatic carbocycles. The van der Waals surface area contributed by atoms with Gasteiger partial charge in [0.15, 0.2) is 6.61 Å². The van der Waals surface area contributed by atoms with Crippen molar-refractivity contribution in [3.8, 4) is 5.75 Å². The second kappa shape index (κ2) is 9.56. The van der Waals surface area contributed by atoms with Crippen LogP contribution in [0.25, 0.3) is 10.8 Å². The van der Waals surface area contributed by atoms with Gasteiger partial charge in [0.05, 0.1) is 4.47 Å². The van der Waals surface area contributed by atoms with Crippen LogP contribution in [-0.4, -0.2) is 19.1 Å². The summed E-state index contributed by atoms with van der Waals surface area (Å²) in [6, 6.07) is 12.0. The summed E-state index contributed by atoms with van der Waals surface area (Å²) in [5, 5.41) is 5.13. The van der Waals surface area contributed by atoms with E-state index in [2.05, 4.69) is 34.2 Å². The molecule has 4 heteroatoms. The van der Waals surface area contributed by atoms with Crippen LogP contribution in [0.2, 0.25) is 0 Å². The number of unbranched alkanes of at least 4 members (excludes halogenated alkanes) is 4. The molecule has 0 spiro atoms. The van der Waals surface area contributed by atoms with E-state index < -0.39 is 0 Å². The molecule has 0 aliphatic heterocycles. The van der Waals surface area contributed by atoms with Gasteiger partial charge >= 0.3 is 0 Å². The molecule has 2 rings (SSSR count). The Morgan fingerprint density at radius 3 is 2.70 bits per heavy atom. The van der Waals surface area contributed by atoms with Crippen molar-refractivity contribution >= 4 is 32.6 Å². The quantitative estimate of drug-likeness (QED) is 0.619. The zero-order valence-corrected chi connectivity index (χ0v) is 15.2. The van der Waals surface area contributed by atoms with Crippen LogP contribution in [-0.2, 0) is 4.79 Å². The van der Waals surface area contributed by atoms with Crippen LogP contribution in [0.4, 0.5) is 0 Å². The zero-order chi connectivity index (χ0) is 16.5. The van der Waals surface area contributed by atoms with Crippen molar-refractivity contribution in [2.45, 2.75) is 39.0 Å². The van der Waals surface area contributed by atoms with Crippen molar-refractivity contribution in [2.24, 2.45) is 0 Å². The molecule has 0 aromatic heterocycles. The van der Waals surface area contributed by atoms with E-state index in [1.54, 1.807) is 0 Å². The minimum Gasteiger partial charge on any atom is -0.483 e. The van der Waals surface area contributed by atoms with Gasteiger partial charge < -0.3 is 10.1 Å². The Labute approximate surface area is 146 Å². The fourth-order valence-corrected chi connectivity index (χ4v) is 3.08. The Morgan fingerprint density at radius 2 is 1.87 bits per heavy atom. The summed E-state index contributed by atoms with van der Waals surface area (Å²) in [4.78, 5) is 11.8. The first kappa shape index (κ1) is 17.8. The summed E-state index contributed by atoms with van der Waals surface area (Å²) in [5.41, 5.74) is 0. The molecule has 1 N–H and O–H groups in total. The minimum absolute atomic E-state index is 0.0475. The Bertz CT molecular complexity index is 642. The standard InChI is InChI=1S/C19H24BrNO2/c1-2-3-4-5-8-13-21-18(22)14-23-17-12-11-15-9-6-7-10-16(15)19(17)20/h6-7,9-12H,2-5,8,13-14H2,1H3,(H,21,22). The number of nitrogens with one attached hydrogen (secondary N) is 1. The first-order valence-electron chi connectivity index (χ1n) is 8.29.